The first-order chi connectivity index (χ1) is 13.5. The van der Waals surface area contributed by atoms with Crippen molar-refractivity contribution < 1.29 is 18.0 Å². The molecule has 4 nitrogen and oxygen atoms in total. The van der Waals surface area contributed by atoms with Gasteiger partial charge in [-0.3, -0.25) is 9.69 Å². The summed E-state index contributed by atoms with van der Waals surface area (Å²) in [6.45, 7) is 5.65. The number of carbonyl (C=O) groups excluding carboxylic acids is 1. The molecule has 3 heterocycles. The number of furan rings is 1. The van der Waals surface area contributed by atoms with Gasteiger partial charge in [0.1, 0.15) is 0 Å². The van der Waals surface area contributed by atoms with Gasteiger partial charge >= 0.3 is 0 Å². The van der Waals surface area contributed by atoms with E-state index in [-0.39, 0.29) is 5.91 Å². The Hall–Kier alpha value is -2.21. The summed E-state index contributed by atoms with van der Waals surface area (Å²) in [6.07, 6.45) is 4.65. The molecule has 4 rings (SSSR count). The van der Waals surface area contributed by atoms with Gasteiger partial charge in [0.25, 0.3) is 5.91 Å². The first kappa shape index (κ1) is 19.1. The van der Waals surface area contributed by atoms with E-state index in [0.717, 1.165) is 57.1 Å². The molecule has 1 atom stereocenters. The minimum Gasteiger partial charge on any atom is -0.459 e. The highest BCUT2D eigenvalue weighted by molar-refractivity contribution is 5.93. The third kappa shape index (κ3) is 3.83. The molecule has 6 heteroatoms. The third-order valence-corrected chi connectivity index (χ3v) is 6.29. The maximum atomic E-state index is 13.9. The smallest absolute Gasteiger partial charge is 0.289 e. The summed E-state index contributed by atoms with van der Waals surface area (Å²) in [5, 5.41) is 0. The van der Waals surface area contributed by atoms with Crippen molar-refractivity contribution in [2.45, 2.75) is 32.7 Å². The summed E-state index contributed by atoms with van der Waals surface area (Å²) in [6, 6.07) is 6.19. The Balaban J connectivity index is 1.29. The second-order valence-electron chi connectivity index (χ2n) is 8.06. The fourth-order valence-electron chi connectivity index (χ4n) is 4.59. The van der Waals surface area contributed by atoms with E-state index < -0.39 is 11.6 Å². The van der Waals surface area contributed by atoms with Crippen LogP contribution in [-0.4, -0.2) is 41.9 Å². The second kappa shape index (κ2) is 8.03. The number of piperidine rings is 1. The van der Waals surface area contributed by atoms with Crippen LogP contribution in [0.5, 0.6) is 0 Å². The van der Waals surface area contributed by atoms with Crippen molar-refractivity contribution >= 4 is 5.91 Å². The van der Waals surface area contributed by atoms with Crippen LogP contribution in [0, 0.1) is 30.4 Å². The Morgan fingerprint density at radius 1 is 1.11 bits per heavy atom. The lowest BCUT2D eigenvalue weighted by atomic mass is 9.83. The number of rotatable bonds is 4. The topological polar surface area (TPSA) is 36.7 Å². The zero-order valence-corrected chi connectivity index (χ0v) is 16.2. The summed E-state index contributed by atoms with van der Waals surface area (Å²) >= 11 is 0. The van der Waals surface area contributed by atoms with Crippen LogP contribution >= 0.6 is 0 Å². The molecule has 28 heavy (non-hydrogen) atoms. The minimum absolute atomic E-state index is 0.0102. The quantitative estimate of drug-likeness (QED) is 0.786. The predicted octanol–water partition coefficient (Wildman–Crippen LogP) is 4.24. The van der Waals surface area contributed by atoms with Gasteiger partial charge < -0.3 is 9.32 Å². The van der Waals surface area contributed by atoms with E-state index in [4.69, 9.17) is 4.42 Å². The van der Waals surface area contributed by atoms with E-state index in [1.165, 1.54) is 0 Å². The lowest BCUT2D eigenvalue weighted by Crippen LogP contribution is -2.37. The van der Waals surface area contributed by atoms with Gasteiger partial charge in [-0.2, -0.15) is 0 Å². The van der Waals surface area contributed by atoms with Crippen LogP contribution in [0.15, 0.2) is 34.9 Å². The van der Waals surface area contributed by atoms with E-state index in [9.17, 15) is 13.6 Å². The molecular weight excluding hydrogens is 362 g/mol. The van der Waals surface area contributed by atoms with Crippen molar-refractivity contribution in [3.8, 4) is 0 Å². The second-order valence-corrected chi connectivity index (χ2v) is 8.06. The van der Waals surface area contributed by atoms with Gasteiger partial charge in [0.2, 0.25) is 0 Å². The maximum absolute atomic E-state index is 13.9. The van der Waals surface area contributed by atoms with Crippen LogP contribution in [0.1, 0.15) is 40.9 Å². The van der Waals surface area contributed by atoms with E-state index in [0.29, 0.717) is 29.7 Å². The molecule has 0 saturated carbocycles. The molecule has 0 N–H and O–H groups in total. The summed E-state index contributed by atoms with van der Waals surface area (Å²) in [4.78, 5) is 16.7. The molecule has 0 radical (unpaired) electrons. The zero-order valence-electron chi connectivity index (χ0n) is 16.2. The van der Waals surface area contributed by atoms with Crippen molar-refractivity contribution in [3.63, 3.8) is 0 Å². The highest BCUT2D eigenvalue weighted by atomic mass is 19.2. The largest absolute Gasteiger partial charge is 0.459 e. The molecule has 0 unspecified atom stereocenters. The van der Waals surface area contributed by atoms with E-state index in [1.54, 1.807) is 18.4 Å². The van der Waals surface area contributed by atoms with E-state index >= 15 is 0 Å². The van der Waals surface area contributed by atoms with E-state index in [1.807, 2.05) is 17.9 Å². The van der Waals surface area contributed by atoms with Gasteiger partial charge in [-0.1, -0.05) is 12.1 Å². The van der Waals surface area contributed by atoms with Crippen LogP contribution in [0.4, 0.5) is 8.78 Å². The molecule has 2 aliphatic heterocycles. The fraction of sp³-hybridized carbons (Fsp3) is 0.500. The van der Waals surface area contributed by atoms with Gasteiger partial charge in [-0.05, 0) is 63.2 Å². The van der Waals surface area contributed by atoms with Crippen LogP contribution in [0.2, 0.25) is 0 Å². The van der Waals surface area contributed by atoms with Gasteiger partial charge in [-0.25, -0.2) is 8.78 Å². The van der Waals surface area contributed by atoms with Crippen molar-refractivity contribution in [1.29, 1.82) is 0 Å². The van der Waals surface area contributed by atoms with Gasteiger partial charge in [-0.15, -0.1) is 0 Å². The van der Waals surface area contributed by atoms with E-state index in [2.05, 4.69) is 4.90 Å². The summed E-state index contributed by atoms with van der Waals surface area (Å²) in [7, 11) is 0. The standard InChI is InChI=1S/C22H26F2N2O2/c1-15-8-12-28-21(15)22(27)26-11-7-17(14-26)16-5-9-25(10-6-16)13-18-3-2-4-19(23)20(18)24/h2-4,8,12,16-17H,5-7,9-11,13-14H2,1H3/t17-/m1/s1. The highest BCUT2D eigenvalue weighted by Gasteiger charge is 2.35. The lowest BCUT2D eigenvalue weighted by Gasteiger charge is -2.34. The molecular formula is C22H26F2N2O2. The number of likely N-dealkylation sites (tertiary alicyclic amines) is 2. The molecule has 0 bridgehead atoms. The molecule has 2 saturated heterocycles. The summed E-state index contributed by atoms with van der Waals surface area (Å²) in [5.74, 6) is 0.00525. The highest BCUT2D eigenvalue weighted by Crippen LogP contribution is 2.33. The Labute approximate surface area is 164 Å². The molecule has 1 aromatic heterocycles. The number of amides is 1. The number of benzene rings is 1. The Kier molecular flexibility index (Phi) is 5.49. The van der Waals surface area contributed by atoms with Crippen molar-refractivity contribution in [2.24, 2.45) is 11.8 Å². The monoisotopic (exact) mass is 388 g/mol. The Morgan fingerprint density at radius 3 is 2.57 bits per heavy atom. The minimum atomic E-state index is -0.783. The fourth-order valence-corrected chi connectivity index (χ4v) is 4.59. The maximum Gasteiger partial charge on any atom is 0.289 e. The number of hydrogen-bond acceptors (Lipinski definition) is 3. The lowest BCUT2D eigenvalue weighted by molar-refractivity contribution is 0.0740. The van der Waals surface area contributed by atoms with Crippen molar-refractivity contribution in [1.82, 2.24) is 9.80 Å². The molecule has 1 aromatic carbocycles. The molecule has 1 amide bonds. The van der Waals surface area contributed by atoms with Crippen molar-refractivity contribution in [3.05, 3.63) is 59.1 Å². The van der Waals surface area contributed by atoms with Crippen molar-refractivity contribution in [2.75, 3.05) is 26.2 Å². The third-order valence-electron chi connectivity index (χ3n) is 6.29. The molecule has 0 aliphatic carbocycles. The van der Waals surface area contributed by atoms with Crippen LogP contribution in [-0.2, 0) is 6.54 Å². The Bertz CT molecular complexity index is 843. The average molecular weight is 388 g/mol. The van der Waals surface area contributed by atoms with Gasteiger partial charge in [0.15, 0.2) is 17.4 Å². The number of carbonyl (C=O) groups is 1. The van der Waals surface area contributed by atoms with Crippen LogP contribution in [0.3, 0.4) is 0 Å². The summed E-state index contributed by atoms with van der Waals surface area (Å²) in [5.41, 5.74) is 1.30. The Morgan fingerprint density at radius 2 is 1.86 bits per heavy atom. The molecule has 2 aliphatic rings. The molecule has 2 aromatic rings. The SMILES string of the molecule is Cc1ccoc1C(=O)N1CC[C@@H](C2CCN(Cc3cccc(F)c3F)CC2)C1. The van der Waals surface area contributed by atoms with Gasteiger partial charge in [0.05, 0.1) is 6.26 Å². The molecule has 150 valence electrons. The first-order valence-electron chi connectivity index (χ1n) is 10.0. The first-order valence-corrected chi connectivity index (χ1v) is 10.0. The molecule has 0 spiro atoms. The number of hydrogen-bond donors (Lipinski definition) is 0. The zero-order chi connectivity index (χ0) is 19.7. The van der Waals surface area contributed by atoms with Crippen LogP contribution < -0.4 is 0 Å². The normalized spacial score (nSPS) is 21.4. The predicted molar refractivity (Wildman–Crippen MR) is 102 cm³/mol. The number of aryl methyl sites for hydroxylation is 1. The summed E-state index contributed by atoms with van der Waals surface area (Å²) < 4.78 is 32.6. The number of nitrogens with zero attached hydrogens (tertiary/aromatic N) is 2. The van der Waals surface area contributed by atoms with Gasteiger partial charge in [0, 0.05) is 30.8 Å². The molecule has 2 fully saturated rings. The number of halogens is 2. The average Bonchev–Trinajstić information content (AvgIpc) is 3.35. The van der Waals surface area contributed by atoms with Crippen LogP contribution in [0.25, 0.3) is 0 Å².